The molecule has 0 heterocycles. The van der Waals surface area contributed by atoms with E-state index in [9.17, 15) is 17.6 Å². The highest BCUT2D eigenvalue weighted by Crippen LogP contribution is 2.32. The van der Waals surface area contributed by atoms with E-state index in [2.05, 4.69) is 9.46 Å². The van der Waals surface area contributed by atoms with Gasteiger partial charge in [0.1, 0.15) is 5.82 Å². The number of ether oxygens (including phenoxy) is 1. The number of anilines is 1. The zero-order valence-electron chi connectivity index (χ0n) is 9.94. The van der Waals surface area contributed by atoms with Crippen molar-refractivity contribution in [1.82, 2.24) is 0 Å². The van der Waals surface area contributed by atoms with Crippen LogP contribution in [0.5, 0.6) is 0 Å². The van der Waals surface area contributed by atoms with Gasteiger partial charge in [0, 0.05) is 5.02 Å². The zero-order valence-corrected chi connectivity index (χ0v) is 11.5. The fourth-order valence-electron chi connectivity index (χ4n) is 1.55. The van der Waals surface area contributed by atoms with Crippen LogP contribution in [0.2, 0.25) is 5.02 Å². The highest BCUT2D eigenvalue weighted by atomic mass is 35.5. The Hall–Kier alpha value is -1.34. The van der Waals surface area contributed by atoms with E-state index < -0.39 is 32.7 Å². The van der Waals surface area contributed by atoms with Crippen LogP contribution >= 0.6 is 11.6 Å². The minimum Gasteiger partial charge on any atom is -0.465 e. The van der Waals surface area contributed by atoms with E-state index in [1.807, 2.05) is 0 Å². The fourth-order valence-corrected chi connectivity index (χ4v) is 3.17. The summed E-state index contributed by atoms with van der Waals surface area (Å²) in [5.74, 6) is -1.79. The molecule has 0 spiro atoms. The second-order valence-corrected chi connectivity index (χ2v) is 6.55. The number of methoxy groups -OCH3 is 1. The highest BCUT2D eigenvalue weighted by Gasteiger charge is 2.37. The molecule has 104 valence electrons. The Kier molecular flexibility index (Phi) is 3.69. The first kappa shape index (κ1) is 14.1. The summed E-state index contributed by atoms with van der Waals surface area (Å²) in [5, 5.41) is -0.555. The molecule has 1 aromatic rings. The standard InChI is InChI=1S/C11H11ClFNO4S/c1-18-11(15)8-4-6(12)5-9(13)10(8)14-19(16,17)7-2-3-7/h4-5,7,14H,2-3H2,1H3. The van der Waals surface area contributed by atoms with Gasteiger partial charge in [-0.25, -0.2) is 17.6 Å². The van der Waals surface area contributed by atoms with Crippen molar-refractivity contribution in [1.29, 1.82) is 0 Å². The van der Waals surface area contributed by atoms with Crippen molar-refractivity contribution in [3.63, 3.8) is 0 Å². The summed E-state index contributed by atoms with van der Waals surface area (Å²) < 4.78 is 44.0. The number of carbonyl (C=O) groups excluding carboxylic acids is 1. The molecule has 0 unspecified atom stereocenters. The van der Waals surface area contributed by atoms with Gasteiger partial charge in [-0.05, 0) is 25.0 Å². The van der Waals surface area contributed by atoms with Crippen LogP contribution in [0.4, 0.5) is 10.1 Å². The van der Waals surface area contributed by atoms with Gasteiger partial charge in [0.15, 0.2) is 0 Å². The lowest BCUT2D eigenvalue weighted by Gasteiger charge is -2.12. The monoisotopic (exact) mass is 307 g/mol. The van der Waals surface area contributed by atoms with Crippen molar-refractivity contribution < 1.29 is 22.3 Å². The van der Waals surface area contributed by atoms with Gasteiger partial charge in [0.2, 0.25) is 10.0 Å². The van der Waals surface area contributed by atoms with Crippen molar-refractivity contribution in [3.8, 4) is 0 Å². The Morgan fingerprint density at radius 1 is 1.47 bits per heavy atom. The van der Waals surface area contributed by atoms with Crippen LogP contribution in [0.15, 0.2) is 12.1 Å². The van der Waals surface area contributed by atoms with E-state index in [-0.39, 0.29) is 10.6 Å². The van der Waals surface area contributed by atoms with E-state index in [1.165, 1.54) is 0 Å². The quantitative estimate of drug-likeness (QED) is 0.865. The lowest BCUT2D eigenvalue weighted by molar-refractivity contribution is 0.0601. The van der Waals surface area contributed by atoms with E-state index in [4.69, 9.17) is 11.6 Å². The molecule has 1 aliphatic carbocycles. The van der Waals surface area contributed by atoms with Crippen molar-refractivity contribution >= 4 is 33.3 Å². The number of hydrogen-bond acceptors (Lipinski definition) is 4. The van der Waals surface area contributed by atoms with Crippen LogP contribution in [0.3, 0.4) is 0 Å². The first-order valence-corrected chi connectivity index (χ1v) is 7.36. The molecule has 0 radical (unpaired) electrons. The molecule has 8 heteroatoms. The molecule has 1 N–H and O–H groups in total. The lowest BCUT2D eigenvalue weighted by Crippen LogP contribution is -2.20. The number of halogens is 2. The van der Waals surface area contributed by atoms with Crippen LogP contribution in [-0.2, 0) is 14.8 Å². The van der Waals surface area contributed by atoms with Gasteiger partial charge in [-0.15, -0.1) is 0 Å². The molecule has 5 nitrogen and oxygen atoms in total. The average Bonchev–Trinajstić information content (AvgIpc) is 3.15. The normalized spacial score (nSPS) is 15.1. The topological polar surface area (TPSA) is 72.5 Å². The van der Waals surface area contributed by atoms with Gasteiger partial charge in [-0.2, -0.15) is 0 Å². The Bertz CT molecular complexity index is 628. The molecule has 1 saturated carbocycles. The molecule has 0 aliphatic heterocycles. The van der Waals surface area contributed by atoms with E-state index in [1.54, 1.807) is 0 Å². The molecule has 19 heavy (non-hydrogen) atoms. The molecule has 0 atom stereocenters. The number of carbonyl (C=O) groups is 1. The molecule has 2 rings (SSSR count). The van der Waals surface area contributed by atoms with Gasteiger partial charge < -0.3 is 4.74 Å². The summed E-state index contributed by atoms with van der Waals surface area (Å²) in [7, 11) is -2.57. The number of benzene rings is 1. The Morgan fingerprint density at radius 3 is 2.63 bits per heavy atom. The summed E-state index contributed by atoms with van der Waals surface area (Å²) in [6.07, 6.45) is 1.05. The second-order valence-electron chi connectivity index (χ2n) is 4.15. The molecule has 0 aromatic heterocycles. The Balaban J connectivity index is 2.46. The van der Waals surface area contributed by atoms with E-state index >= 15 is 0 Å². The van der Waals surface area contributed by atoms with Crippen LogP contribution in [0.1, 0.15) is 23.2 Å². The second kappa shape index (κ2) is 4.97. The minimum absolute atomic E-state index is 0.0210. The molecule has 1 aromatic carbocycles. The summed E-state index contributed by atoms with van der Waals surface area (Å²) >= 11 is 5.64. The molecule has 1 aliphatic rings. The van der Waals surface area contributed by atoms with E-state index in [0.717, 1.165) is 19.2 Å². The third-order valence-electron chi connectivity index (χ3n) is 2.67. The average molecular weight is 308 g/mol. The molecule has 1 fully saturated rings. The number of esters is 1. The maximum absolute atomic E-state index is 13.8. The smallest absolute Gasteiger partial charge is 0.340 e. The summed E-state index contributed by atoms with van der Waals surface area (Å²) in [6, 6.07) is 2.08. The van der Waals surface area contributed by atoms with Crippen LogP contribution in [0.25, 0.3) is 0 Å². The van der Waals surface area contributed by atoms with Crippen molar-refractivity contribution in [2.45, 2.75) is 18.1 Å². The van der Waals surface area contributed by atoms with Crippen LogP contribution < -0.4 is 4.72 Å². The van der Waals surface area contributed by atoms with Crippen molar-refractivity contribution in [2.24, 2.45) is 0 Å². The third-order valence-corrected chi connectivity index (χ3v) is 4.72. The molecule has 0 saturated heterocycles. The van der Waals surface area contributed by atoms with E-state index in [0.29, 0.717) is 12.8 Å². The number of rotatable bonds is 4. The summed E-state index contributed by atoms with van der Waals surface area (Å²) in [5.41, 5.74) is -0.681. The fraction of sp³-hybridized carbons (Fsp3) is 0.364. The zero-order chi connectivity index (χ0) is 14.2. The summed E-state index contributed by atoms with van der Waals surface area (Å²) in [6.45, 7) is 0. The maximum Gasteiger partial charge on any atom is 0.340 e. The maximum atomic E-state index is 13.8. The van der Waals surface area contributed by atoms with Crippen LogP contribution in [-0.4, -0.2) is 26.7 Å². The Morgan fingerprint density at radius 2 is 2.11 bits per heavy atom. The van der Waals surface area contributed by atoms with Crippen molar-refractivity contribution in [3.05, 3.63) is 28.5 Å². The first-order valence-electron chi connectivity index (χ1n) is 5.44. The van der Waals surface area contributed by atoms with Crippen LogP contribution in [0, 0.1) is 5.82 Å². The SMILES string of the molecule is COC(=O)c1cc(Cl)cc(F)c1NS(=O)(=O)C1CC1. The predicted molar refractivity (Wildman–Crippen MR) is 68.3 cm³/mol. The molecular weight excluding hydrogens is 297 g/mol. The van der Waals surface area contributed by atoms with Gasteiger partial charge in [0.25, 0.3) is 0 Å². The van der Waals surface area contributed by atoms with Gasteiger partial charge in [0.05, 0.1) is 23.6 Å². The number of nitrogens with one attached hydrogen (secondary N) is 1. The highest BCUT2D eigenvalue weighted by molar-refractivity contribution is 7.93. The number of sulfonamides is 1. The Labute approximate surface area is 114 Å². The largest absolute Gasteiger partial charge is 0.465 e. The summed E-state index contributed by atoms with van der Waals surface area (Å²) in [4.78, 5) is 11.5. The first-order chi connectivity index (χ1) is 8.85. The van der Waals surface area contributed by atoms with Gasteiger partial charge in [-0.1, -0.05) is 11.6 Å². The lowest BCUT2D eigenvalue weighted by atomic mass is 10.2. The third kappa shape index (κ3) is 2.98. The predicted octanol–water partition coefficient (Wildman–Crippen LogP) is 2.17. The van der Waals surface area contributed by atoms with Crippen molar-refractivity contribution in [2.75, 3.05) is 11.8 Å². The molecule has 0 amide bonds. The molecular formula is C11H11ClFNO4S. The van der Waals surface area contributed by atoms with Gasteiger partial charge >= 0.3 is 5.97 Å². The number of hydrogen-bond donors (Lipinski definition) is 1. The molecule has 0 bridgehead atoms. The minimum atomic E-state index is -3.68. The van der Waals surface area contributed by atoms with Gasteiger partial charge in [-0.3, -0.25) is 4.72 Å².